The standard InChI is InChI=1S/C11H19O4.Ag/c1-3-5-13-8-9-15-11-10-14-7-6-12-4-2;/h4-11H2,2H3;/q-1;+1. The van der Waals surface area contributed by atoms with Crippen LogP contribution in [0.25, 0.3) is 0 Å². The van der Waals surface area contributed by atoms with Crippen molar-refractivity contribution in [2.24, 2.45) is 0 Å². The van der Waals surface area contributed by atoms with E-state index in [2.05, 4.69) is 5.92 Å². The van der Waals surface area contributed by atoms with E-state index in [0.717, 1.165) is 6.61 Å². The molecule has 0 radical (unpaired) electrons. The summed E-state index contributed by atoms with van der Waals surface area (Å²) >= 11 is 0. The van der Waals surface area contributed by atoms with Crippen LogP contribution in [0, 0.1) is 12.3 Å². The second kappa shape index (κ2) is 17.5. The van der Waals surface area contributed by atoms with Gasteiger partial charge < -0.3 is 31.3 Å². The molecule has 0 saturated carbocycles. The molecular weight excluding hydrogens is 304 g/mol. The summed E-state index contributed by atoms with van der Waals surface area (Å²) in [6.07, 6.45) is 6.58. The fraction of sp³-hybridized carbons (Fsp3) is 0.818. The number of rotatable bonds is 11. The molecule has 0 aliphatic heterocycles. The topological polar surface area (TPSA) is 36.9 Å². The molecule has 0 atom stereocenters. The van der Waals surface area contributed by atoms with Crippen LogP contribution >= 0.6 is 0 Å². The monoisotopic (exact) mass is 322 g/mol. The molecule has 0 fully saturated rings. The smallest absolute Gasteiger partial charge is 0.691 e. The van der Waals surface area contributed by atoms with Crippen LogP contribution in [0.5, 0.6) is 0 Å². The van der Waals surface area contributed by atoms with Crippen LogP contribution in [-0.2, 0) is 41.3 Å². The quantitative estimate of drug-likeness (QED) is 0.242. The van der Waals surface area contributed by atoms with Gasteiger partial charge in [-0.15, -0.1) is 0 Å². The van der Waals surface area contributed by atoms with Crippen molar-refractivity contribution in [1.29, 1.82) is 0 Å². The molecule has 16 heavy (non-hydrogen) atoms. The van der Waals surface area contributed by atoms with Gasteiger partial charge in [0, 0.05) is 6.61 Å². The summed E-state index contributed by atoms with van der Waals surface area (Å²) in [4.78, 5) is 0. The third kappa shape index (κ3) is 16.6. The molecule has 0 aromatic carbocycles. The van der Waals surface area contributed by atoms with Crippen LogP contribution in [0.15, 0.2) is 0 Å². The van der Waals surface area contributed by atoms with Gasteiger partial charge in [-0.3, -0.25) is 0 Å². The molecule has 0 saturated heterocycles. The summed E-state index contributed by atoms with van der Waals surface area (Å²) < 4.78 is 20.5. The molecule has 0 aromatic heterocycles. The molecule has 0 aromatic rings. The zero-order valence-electron chi connectivity index (χ0n) is 9.59. The normalized spacial score (nSPS) is 9.50. The zero-order valence-corrected chi connectivity index (χ0v) is 11.1. The summed E-state index contributed by atoms with van der Waals surface area (Å²) in [7, 11) is 0. The van der Waals surface area contributed by atoms with E-state index in [9.17, 15) is 0 Å². The maximum atomic E-state index is 6.58. The molecule has 0 rings (SSSR count). The average molecular weight is 323 g/mol. The first kappa shape index (κ1) is 18.5. The molecule has 0 N–H and O–H groups in total. The summed E-state index contributed by atoms with van der Waals surface area (Å²) in [6.45, 7) is 6.30. The van der Waals surface area contributed by atoms with Crippen molar-refractivity contribution in [3.63, 3.8) is 0 Å². The zero-order chi connectivity index (χ0) is 11.2. The van der Waals surface area contributed by atoms with E-state index in [4.69, 9.17) is 25.4 Å². The predicted octanol–water partition coefficient (Wildman–Crippen LogP) is 0.660. The minimum Gasteiger partial charge on any atom is -0.691 e. The van der Waals surface area contributed by atoms with E-state index in [0.29, 0.717) is 39.6 Å². The van der Waals surface area contributed by atoms with E-state index in [1.54, 1.807) is 0 Å². The Morgan fingerprint density at radius 2 is 1.25 bits per heavy atom. The second-order valence-corrected chi connectivity index (χ2v) is 2.65. The minimum absolute atomic E-state index is 0. The largest absolute Gasteiger partial charge is 1.00 e. The maximum Gasteiger partial charge on any atom is 1.00 e. The van der Waals surface area contributed by atoms with Crippen molar-refractivity contribution in [3.8, 4) is 5.92 Å². The van der Waals surface area contributed by atoms with Gasteiger partial charge in [-0.25, -0.2) is 0 Å². The van der Waals surface area contributed by atoms with Gasteiger partial charge in [-0.1, -0.05) is 0 Å². The van der Waals surface area contributed by atoms with Crippen molar-refractivity contribution in [3.05, 3.63) is 6.42 Å². The third-order valence-electron chi connectivity index (χ3n) is 1.49. The van der Waals surface area contributed by atoms with Crippen LogP contribution < -0.4 is 0 Å². The molecule has 98 valence electrons. The van der Waals surface area contributed by atoms with Gasteiger partial charge in [-0.2, -0.15) is 0 Å². The fourth-order valence-corrected chi connectivity index (χ4v) is 0.825. The average Bonchev–Trinajstić information content (AvgIpc) is 2.26. The fourth-order valence-electron chi connectivity index (χ4n) is 0.825. The van der Waals surface area contributed by atoms with E-state index < -0.39 is 0 Å². The van der Waals surface area contributed by atoms with E-state index >= 15 is 0 Å². The molecule has 4 nitrogen and oxygen atoms in total. The van der Waals surface area contributed by atoms with Crippen molar-refractivity contribution in [2.45, 2.75) is 6.92 Å². The Bertz CT molecular complexity index is 159. The first-order valence-corrected chi connectivity index (χ1v) is 5.12. The van der Waals surface area contributed by atoms with Crippen LogP contribution in [0.1, 0.15) is 6.92 Å². The van der Waals surface area contributed by atoms with Crippen LogP contribution in [0.2, 0.25) is 0 Å². The van der Waals surface area contributed by atoms with Crippen molar-refractivity contribution >= 4 is 0 Å². The second-order valence-electron chi connectivity index (χ2n) is 2.65. The molecule has 0 bridgehead atoms. The number of ether oxygens (including phenoxy) is 4. The molecular formula is C11H19AgO4. The predicted molar refractivity (Wildman–Crippen MR) is 56.1 cm³/mol. The minimum atomic E-state index is 0. The van der Waals surface area contributed by atoms with Crippen LogP contribution in [0.4, 0.5) is 0 Å². The molecule has 0 aliphatic rings. The summed E-state index contributed by atoms with van der Waals surface area (Å²) in [6, 6.07) is 0. The SMILES string of the molecule is [Ag+].[C-]#CCOCCOCCOCCOCC. The molecule has 0 heterocycles. The van der Waals surface area contributed by atoms with Gasteiger partial charge in [0.15, 0.2) is 0 Å². The molecule has 0 spiro atoms. The maximum absolute atomic E-state index is 6.58. The third-order valence-corrected chi connectivity index (χ3v) is 1.49. The Morgan fingerprint density at radius 1 is 0.812 bits per heavy atom. The van der Waals surface area contributed by atoms with Crippen molar-refractivity contribution < 1.29 is 41.3 Å². The number of hydrogen-bond acceptors (Lipinski definition) is 4. The van der Waals surface area contributed by atoms with Gasteiger partial charge in [-0.05, 0) is 6.92 Å². The van der Waals surface area contributed by atoms with Gasteiger partial charge in [0.05, 0.1) is 46.2 Å². The first-order chi connectivity index (χ1) is 7.41. The Labute approximate surface area is 113 Å². The van der Waals surface area contributed by atoms with Gasteiger partial charge >= 0.3 is 22.4 Å². The number of hydrogen-bond donors (Lipinski definition) is 0. The molecule has 0 unspecified atom stereocenters. The summed E-state index contributed by atoms with van der Waals surface area (Å²) in [5.74, 6) is 2.13. The van der Waals surface area contributed by atoms with Gasteiger partial charge in [0.1, 0.15) is 0 Å². The van der Waals surface area contributed by atoms with E-state index in [1.807, 2.05) is 6.92 Å². The molecule has 0 amide bonds. The van der Waals surface area contributed by atoms with Gasteiger partial charge in [0.2, 0.25) is 0 Å². The van der Waals surface area contributed by atoms with E-state index in [-0.39, 0.29) is 29.0 Å². The first-order valence-electron chi connectivity index (χ1n) is 5.12. The summed E-state index contributed by atoms with van der Waals surface area (Å²) in [5.41, 5.74) is 0. The van der Waals surface area contributed by atoms with Crippen LogP contribution in [-0.4, -0.2) is 52.9 Å². The van der Waals surface area contributed by atoms with Crippen molar-refractivity contribution in [1.82, 2.24) is 0 Å². The Kier molecular flexibility index (Phi) is 20.3. The van der Waals surface area contributed by atoms with E-state index in [1.165, 1.54) is 0 Å². The molecule has 0 aliphatic carbocycles. The van der Waals surface area contributed by atoms with Crippen LogP contribution in [0.3, 0.4) is 0 Å². The Morgan fingerprint density at radius 3 is 1.69 bits per heavy atom. The van der Waals surface area contributed by atoms with Crippen molar-refractivity contribution in [2.75, 3.05) is 52.9 Å². The van der Waals surface area contributed by atoms with Gasteiger partial charge in [0.25, 0.3) is 0 Å². The molecule has 5 heteroatoms. The summed E-state index contributed by atoms with van der Waals surface area (Å²) in [5, 5.41) is 0. The Hall–Kier alpha value is 0.140. The Balaban J connectivity index is 0.